The van der Waals surface area contributed by atoms with Crippen molar-refractivity contribution < 1.29 is 252 Å². The molecule has 0 saturated carbocycles. The lowest BCUT2D eigenvalue weighted by molar-refractivity contribution is -0.412. The minimum Gasteiger partial charge on any atom is -0.394 e. The highest BCUT2D eigenvalue weighted by Crippen LogP contribution is 2.42. The molecule has 10 heterocycles. The van der Waals surface area contributed by atoms with Gasteiger partial charge in [0.2, 0.25) is 35.4 Å². The minimum atomic E-state index is -2.82. The van der Waals surface area contributed by atoms with Crippen molar-refractivity contribution in [2.75, 3.05) is 66.1 Å². The molecule has 0 radical (unpaired) electrons. The van der Waals surface area contributed by atoms with Crippen LogP contribution in [-0.4, -0.2) is 541 Å². The summed E-state index contributed by atoms with van der Waals surface area (Å²) in [4.78, 5) is 77.8. The fourth-order valence-electron chi connectivity index (χ4n) is 16.7. The van der Waals surface area contributed by atoms with Crippen LogP contribution in [0, 0.1) is 0 Å². The predicted octanol–water partition coefficient (Wildman–Crippen LogP) is -21.9. The molecule has 0 aromatic heterocycles. The Morgan fingerprint density at radius 3 is 0.791 bits per heavy atom. The largest absolute Gasteiger partial charge is 0.394 e. The molecule has 10 saturated heterocycles. The van der Waals surface area contributed by atoms with E-state index in [4.69, 9.17) is 90.0 Å². The molecule has 0 unspecified atom stereocenters. The van der Waals surface area contributed by atoms with E-state index in [1.165, 1.54) is 0 Å². The number of ether oxygens (including phenoxy) is 19. The summed E-state index contributed by atoms with van der Waals surface area (Å²) in [6, 6.07) is -11.7. The SMILES string of the molecule is CC(=O)N[C@@H]1[C@@H](O)[C@H](O[C@@H]2O[C@H](CO)[C@@H](O[C@@H]3O[C@H](CO[C@H]4O[C@H](CO)[C@@H](O)[C@H](O)[C@@H]4O[C@@H]4O[C@H](CO)[C@@H](O[C@@H]5O[C@H](CO)[C@H](O)[C@H](O)[C@H]5O)[C@H](O)[C@H]4NC(C)=O)[C@@H](O[C@@H]4O[C@H](CO)[C@@H](O)[C@H](O)[C@H]4NC(C)=O)[C@H](O[C@H]4O[C@H](CO)[C@@H](O[C@@H]5O[C@H](CO)[C@@H](O)[C@H](O)[C@H]5NC(C)=O)[C@H](O)[C@@H]4O[C@@H]4O[C@H](CO)[C@@H](O)[C@H](O)[C@H]4NC(C)=O)[C@@H]3O)[C@H](O)[C@H]2NC(C)=O)[C@@H](CO)O[C@H]1O. The van der Waals surface area contributed by atoms with Gasteiger partial charge in [0, 0.05) is 41.5 Å². The second-order valence-corrected chi connectivity index (χ2v) is 32.4. The van der Waals surface area contributed by atoms with E-state index < -0.39 is 408 Å². The average Bonchev–Trinajstić information content (AvgIpc) is 0.765. The van der Waals surface area contributed by atoms with Crippen molar-refractivity contribution in [3.05, 3.63) is 0 Å². The maximum atomic E-state index is 13.5. The van der Waals surface area contributed by atoms with Crippen LogP contribution in [0.15, 0.2) is 0 Å². The first-order valence-corrected chi connectivity index (χ1v) is 41.1. The van der Waals surface area contributed by atoms with Crippen molar-refractivity contribution in [3.63, 3.8) is 0 Å². The third-order valence-electron chi connectivity index (χ3n) is 23.3. The Kier molecular flexibility index (Phi) is 38.4. The maximum absolute atomic E-state index is 13.5. The Hall–Kier alpha value is -4.98. The third-order valence-corrected chi connectivity index (χ3v) is 23.3. The van der Waals surface area contributed by atoms with E-state index in [2.05, 4.69) is 31.9 Å². The van der Waals surface area contributed by atoms with Crippen molar-refractivity contribution in [2.24, 2.45) is 0 Å². The van der Waals surface area contributed by atoms with Crippen LogP contribution < -0.4 is 31.9 Å². The molecular formula is C72H120N6O51. The lowest BCUT2D eigenvalue weighted by Gasteiger charge is -2.53. The van der Waals surface area contributed by atoms with Crippen molar-refractivity contribution in [1.29, 1.82) is 0 Å². The summed E-state index contributed by atoms with van der Waals surface area (Å²) < 4.78 is 117. The van der Waals surface area contributed by atoms with Crippen molar-refractivity contribution in [2.45, 2.75) is 348 Å². The Morgan fingerprint density at radius 1 is 0.202 bits per heavy atom. The highest BCUT2D eigenvalue weighted by Gasteiger charge is 2.63. The number of aliphatic hydroxyl groups is 26. The molecule has 10 rings (SSSR count). The molecule has 0 bridgehead atoms. The van der Waals surface area contributed by atoms with Crippen molar-refractivity contribution >= 4 is 35.4 Å². The number of rotatable bonds is 34. The zero-order valence-corrected chi connectivity index (χ0v) is 69.8. The summed E-state index contributed by atoms with van der Waals surface area (Å²) in [5, 5.41) is 309. The van der Waals surface area contributed by atoms with Crippen molar-refractivity contribution in [1.82, 2.24) is 31.9 Å². The summed E-state index contributed by atoms with van der Waals surface area (Å²) in [5.74, 6) is -5.77. The Balaban J connectivity index is 1.13. The summed E-state index contributed by atoms with van der Waals surface area (Å²) in [6.45, 7) is -6.40. The van der Waals surface area contributed by atoms with Gasteiger partial charge in [0.15, 0.2) is 62.9 Å². The molecular weight excluding hydrogens is 1760 g/mol. The van der Waals surface area contributed by atoms with Crippen LogP contribution in [-0.2, 0) is 119 Å². The van der Waals surface area contributed by atoms with E-state index >= 15 is 0 Å². The molecule has 32 N–H and O–H groups in total. The molecule has 57 nitrogen and oxygen atoms in total. The average molecular weight is 1890 g/mol. The van der Waals surface area contributed by atoms with Gasteiger partial charge in [0.1, 0.15) is 244 Å². The molecule has 744 valence electrons. The lowest BCUT2D eigenvalue weighted by atomic mass is 9.93. The van der Waals surface area contributed by atoms with E-state index in [9.17, 15) is 162 Å². The van der Waals surface area contributed by atoms with Gasteiger partial charge in [0.05, 0.1) is 66.1 Å². The quantitative estimate of drug-likeness (QED) is 0.0284. The van der Waals surface area contributed by atoms with Crippen LogP contribution >= 0.6 is 0 Å². The zero-order chi connectivity index (χ0) is 95.1. The van der Waals surface area contributed by atoms with Crippen LogP contribution in [0.1, 0.15) is 41.5 Å². The monoisotopic (exact) mass is 1880 g/mol. The van der Waals surface area contributed by atoms with Gasteiger partial charge < -0.3 is 255 Å². The third kappa shape index (κ3) is 24.0. The Morgan fingerprint density at radius 2 is 0.434 bits per heavy atom. The van der Waals surface area contributed by atoms with Gasteiger partial charge in [0.25, 0.3) is 0 Å². The molecule has 0 aromatic rings. The molecule has 0 aliphatic carbocycles. The number of aliphatic hydroxyl groups excluding tert-OH is 26. The number of nitrogens with one attached hydrogen (secondary N) is 6. The molecule has 10 fully saturated rings. The topological polar surface area (TPSA) is 876 Å². The van der Waals surface area contributed by atoms with Crippen LogP contribution in [0.4, 0.5) is 0 Å². The standard InChI is InChI=1S/C72H120N6O51/c1-17(88)73-33-47(102)55(28(12-84)112-63(33)110)122-67-37(77-21(5)92)48(103)57(30(14-86)118-67)125-70-54(109)60(127-72-62(129-66-36(76-20(4)91)46(101)41(96)25(9-81)115-66)53(108)58(31(15-87)120-72)123-64-34(74-18(2)89)44(99)39(94)23(7-79)113-64)59(126-65-35(75-19(3)90)45(100)40(95)24(8-80)114-65)32(121-70)16-111-71-61(51(106)43(98)27(11-83)117-71)128-68-38(78-22(6)93)49(104)56(29(13-85)119-68)124-69-52(107)50(105)42(97)26(10-82)116-69/h23-72,79-87,94-110H,7-16H2,1-6H3,(H,73,88)(H,74,89)(H,75,90)(H,76,91)(H,77,92)(H,78,93)/t23-,24-,25-,26-,27-,28-,29-,30-,31-,32-,33-,34-,35-,36-,37-,38-,39-,40-,41-,42+,43-,44-,45-,46-,47-,48-,49-,50+,51+,52-,53+,54+,55-,56-,57-,58-,59-,60-,61+,62+,63-,64+,65+,66+,67+,68+,69+,70+,71+,72-/m1/s1. The second kappa shape index (κ2) is 46.7. The van der Waals surface area contributed by atoms with E-state index in [-0.39, 0.29) is 0 Å². The molecule has 10 aliphatic rings. The van der Waals surface area contributed by atoms with Gasteiger partial charge in [-0.25, -0.2) is 0 Å². The highest BCUT2D eigenvalue weighted by atomic mass is 16.8. The normalized spacial score (nSPS) is 47.5. The summed E-state index contributed by atoms with van der Waals surface area (Å²) >= 11 is 0. The smallest absolute Gasteiger partial charge is 0.217 e. The molecule has 0 aromatic carbocycles. The Bertz CT molecular complexity index is 3570. The van der Waals surface area contributed by atoms with Gasteiger partial charge >= 0.3 is 0 Å². The fourth-order valence-corrected chi connectivity index (χ4v) is 16.7. The van der Waals surface area contributed by atoms with Crippen LogP contribution in [0.5, 0.6) is 0 Å². The van der Waals surface area contributed by atoms with Gasteiger partial charge in [-0.15, -0.1) is 0 Å². The number of carbonyl (C=O) groups excluding carboxylic acids is 6. The second-order valence-electron chi connectivity index (χ2n) is 32.4. The van der Waals surface area contributed by atoms with E-state index in [0.717, 1.165) is 41.5 Å². The summed E-state index contributed by atoms with van der Waals surface area (Å²) in [7, 11) is 0. The Labute approximate surface area is 731 Å². The minimum absolute atomic E-state index is 0.831. The van der Waals surface area contributed by atoms with E-state index in [1.807, 2.05) is 0 Å². The predicted molar refractivity (Wildman–Crippen MR) is 399 cm³/mol. The van der Waals surface area contributed by atoms with E-state index in [0.29, 0.717) is 0 Å². The molecule has 10 aliphatic heterocycles. The molecule has 129 heavy (non-hydrogen) atoms. The molecule has 50 atom stereocenters. The first kappa shape index (κ1) is 106. The van der Waals surface area contributed by atoms with Crippen LogP contribution in [0.3, 0.4) is 0 Å². The number of carbonyl (C=O) groups is 6. The number of hydrogen-bond donors (Lipinski definition) is 32. The van der Waals surface area contributed by atoms with Crippen LogP contribution in [0.25, 0.3) is 0 Å². The van der Waals surface area contributed by atoms with Crippen LogP contribution in [0.2, 0.25) is 0 Å². The first-order chi connectivity index (χ1) is 61.0. The maximum Gasteiger partial charge on any atom is 0.217 e. The molecule has 57 heteroatoms. The fraction of sp³-hybridized carbons (Fsp3) is 0.917. The van der Waals surface area contributed by atoms with E-state index in [1.54, 1.807) is 0 Å². The van der Waals surface area contributed by atoms with Crippen molar-refractivity contribution in [3.8, 4) is 0 Å². The molecule has 6 amide bonds. The number of hydrogen-bond acceptors (Lipinski definition) is 51. The summed E-state index contributed by atoms with van der Waals surface area (Å²) in [6.07, 6.45) is -96.9. The van der Waals surface area contributed by atoms with Gasteiger partial charge in [-0.2, -0.15) is 0 Å². The first-order valence-electron chi connectivity index (χ1n) is 41.1. The zero-order valence-electron chi connectivity index (χ0n) is 69.8. The number of amides is 6. The van der Waals surface area contributed by atoms with Gasteiger partial charge in [-0.05, 0) is 0 Å². The molecule has 0 spiro atoms. The van der Waals surface area contributed by atoms with Gasteiger partial charge in [-0.3, -0.25) is 28.8 Å². The lowest BCUT2D eigenvalue weighted by Crippen LogP contribution is -2.72. The highest BCUT2D eigenvalue weighted by molar-refractivity contribution is 5.75. The van der Waals surface area contributed by atoms with Gasteiger partial charge in [-0.1, -0.05) is 0 Å². The summed E-state index contributed by atoms with van der Waals surface area (Å²) in [5.41, 5.74) is 0.